The number of nitrogens with one attached hydrogen (secondary N) is 1. The average molecular weight is 466 g/mol. The second kappa shape index (κ2) is 10.1. The van der Waals surface area contributed by atoms with Crippen molar-refractivity contribution in [3.05, 3.63) is 88.9 Å². The van der Waals surface area contributed by atoms with Gasteiger partial charge >= 0.3 is 5.97 Å². The highest BCUT2D eigenvalue weighted by molar-refractivity contribution is 7.99. The number of thioether (sulfide) groups is 1. The van der Waals surface area contributed by atoms with Crippen LogP contribution in [0.5, 0.6) is 5.75 Å². The molecule has 160 valence electrons. The van der Waals surface area contributed by atoms with Gasteiger partial charge in [0.05, 0.1) is 17.5 Å². The predicted octanol–water partition coefficient (Wildman–Crippen LogP) is 4.94. The molecular formula is C23H16ClN3O4S. The number of carbonyl (C=O) groups is 2. The zero-order chi connectivity index (χ0) is 22.3. The number of hydrogen-bond acceptors (Lipinski definition) is 7. The van der Waals surface area contributed by atoms with Gasteiger partial charge in [-0.1, -0.05) is 47.6 Å². The van der Waals surface area contributed by atoms with E-state index in [-0.39, 0.29) is 11.7 Å². The van der Waals surface area contributed by atoms with E-state index in [2.05, 4.69) is 15.5 Å². The van der Waals surface area contributed by atoms with Crippen molar-refractivity contribution < 1.29 is 18.7 Å². The monoisotopic (exact) mass is 465 g/mol. The predicted molar refractivity (Wildman–Crippen MR) is 123 cm³/mol. The SMILES string of the molecule is O=C(CSc1nc2ccccc2o1)N/N=C\c1ccccc1OC(=O)c1ccc(Cl)cc1. The van der Waals surface area contributed by atoms with Crippen molar-refractivity contribution >= 4 is 52.6 Å². The van der Waals surface area contributed by atoms with Crippen molar-refractivity contribution in [2.45, 2.75) is 5.22 Å². The van der Waals surface area contributed by atoms with Gasteiger partial charge in [0.2, 0.25) is 0 Å². The number of carbonyl (C=O) groups excluding carboxylic acids is 2. The fourth-order valence-electron chi connectivity index (χ4n) is 2.67. The normalized spacial score (nSPS) is 11.0. The lowest BCUT2D eigenvalue weighted by molar-refractivity contribution is -0.118. The average Bonchev–Trinajstić information content (AvgIpc) is 3.22. The van der Waals surface area contributed by atoms with Gasteiger partial charge < -0.3 is 9.15 Å². The quantitative estimate of drug-likeness (QED) is 0.136. The number of halogens is 1. The molecule has 0 fully saturated rings. The minimum Gasteiger partial charge on any atom is -0.431 e. The van der Waals surface area contributed by atoms with Gasteiger partial charge in [-0.2, -0.15) is 5.10 Å². The van der Waals surface area contributed by atoms with E-state index in [4.69, 9.17) is 20.8 Å². The lowest BCUT2D eigenvalue weighted by Gasteiger charge is -2.07. The minimum atomic E-state index is -0.527. The number of amides is 1. The first-order chi connectivity index (χ1) is 15.6. The fourth-order valence-corrected chi connectivity index (χ4v) is 3.43. The summed E-state index contributed by atoms with van der Waals surface area (Å²) in [7, 11) is 0. The van der Waals surface area contributed by atoms with Crippen molar-refractivity contribution in [2.24, 2.45) is 5.10 Å². The lowest BCUT2D eigenvalue weighted by Crippen LogP contribution is -2.19. The molecule has 4 aromatic rings. The van der Waals surface area contributed by atoms with E-state index < -0.39 is 5.97 Å². The van der Waals surface area contributed by atoms with Crippen molar-refractivity contribution in [1.82, 2.24) is 10.4 Å². The van der Waals surface area contributed by atoms with Gasteiger partial charge in [-0.25, -0.2) is 15.2 Å². The molecule has 0 saturated heterocycles. The van der Waals surface area contributed by atoms with Crippen LogP contribution in [0.1, 0.15) is 15.9 Å². The lowest BCUT2D eigenvalue weighted by atomic mass is 10.2. The van der Waals surface area contributed by atoms with E-state index in [1.165, 1.54) is 18.0 Å². The number of oxazole rings is 1. The maximum atomic E-state index is 12.3. The van der Waals surface area contributed by atoms with Gasteiger partial charge in [0.1, 0.15) is 11.3 Å². The number of benzene rings is 3. The second-order valence-corrected chi connectivity index (χ2v) is 7.83. The molecule has 0 aliphatic carbocycles. The Morgan fingerprint density at radius 2 is 1.81 bits per heavy atom. The van der Waals surface area contributed by atoms with E-state index in [9.17, 15) is 9.59 Å². The first-order valence-electron chi connectivity index (χ1n) is 9.45. The highest BCUT2D eigenvalue weighted by Gasteiger charge is 2.11. The fraction of sp³-hybridized carbons (Fsp3) is 0.0435. The molecule has 0 aliphatic heterocycles. The van der Waals surface area contributed by atoms with Crippen molar-refractivity contribution in [3.8, 4) is 5.75 Å². The summed E-state index contributed by atoms with van der Waals surface area (Å²) < 4.78 is 11.0. The largest absolute Gasteiger partial charge is 0.431 e. The van der Waals surface area contributed by atoms with Crippen molar-refractivity contribution in [1.29, 1.82) is 0 Å². The summed E-state index contributed by atoms with van der Waals surface area (Å²) in [6.07, 6.45) is 1.41. The molecule has 4 rings (SSSR count). The molecule has 0 aliphatic rings. The molecule has 0 spiro atoms. The topological polar surface area (TPSA) is 93.8 Å². The summed E-state index contributed by atoms with van der Waals surface area (Å²) in [6.45, 7) is 0. The number of nitrogens with zero attached hydrogens (tertiary/aromatic N) is 2. The number of esters is 1. The molecule has 1 heterocycles. The molecular weight excluding hydrogens is 450 g/mol. The van der Waals surface area contributed by atoms with Crippen LogP contribution in [0.15, 0.2) is 87.5 Å². The number of ether oxygens (including phenoxy) is 1. The Kier molecular flexibility index (Phi) is 6.84. The summed E-state index contributed by atoms with van der Waals surface area (Å²) in [5.74, 6) is -0.464. The molecule has 9 heteroatoms. The van der Waals surface area contributed by atoms with E-state index in [1.807, 2.05) is 24.3 Å². The van der Waals surface area contributed by atoms with E-state index in [1.54, 1.807) is 48.5 Å². The van der Waals surface area contributed by atoms with Gasteiger partial charge in [0, 0.05) is 10.6 Å². The Labute approximate surface area is 192 Å². The molecule has 0 saturated carbocycles. The summed E-state index contributed by atoms with van der Waals surface area (Å²) in [5, 5.41) is 4.89. The third kappa shape index (κ3) is 5.54. The van der Waals surface area contributed by atoms with Crippen molar-refractivity contribution in [3.63, 3.8) is 0 Å². The summed E-state index contributed by atoms with van der Waals surface area (Å²) >= 11 is 7.01. The standard InChI is InChI=1S/C23H16ClN3O4S/c24-17-11-9-15(10-12-17)22(29)30-19-7-3-1-5-16(19)13-25-27-21(28)14-32-23-26-18-6-2-4-8-20(18)31-23/h1-13H,14H2,(H,27,28)/b25-13-. The van der Waals surface area contributed by atoms with Crippen LogP contribution in [-0.4, -0.2) is 28.8 Å². The minimum absolute atomic E-state index is 0.0807. The number of fused-ring (bicyclic) bond motifs is 1. The van der Waals surface area contributed by atoms with Crippen LogP contribution < -0.4 is 10.2 Å². The van der Waals surface area contributed by atoms with Crippen LogP contribution in [0, 0.1) is 0 Å². The Morgan fingerprint density at radius 3 is 2.62 bits per heavy atom. The maximum absolute atomic E-state index is 12.3. The third-order valence-electron chi connectivity index (χ3n) is 4.20. The van der Waals surface area contributed by atoms with E-state index in [0.717, 1.165) is 5.52 Å². The van der Waals surface area contributed by atoms with Crippen LogP contribution >= 0.6 is 23.4 Å². The van der Waals surface area contributed by atoms with Crippen LogP contribution in [0.4, 0.5) is 0 Å². The van der Waals surface area contributed by atoms with Crippen molar-refractivity contribution in [2.75, 3.05) is 5.75 Å². The zero-order valence-corrected chi connectivity index (χ0v) is 18.1. The number of hydrazone groups is 1. The third-order valence-corrected chi connectivity index (χ3v) is 5.28. The molecule has 0 atom stereocenters. The molecule has 0 radical (unpaired) electrons. The Morgan fingerprint density at radius 1 is 1.06 bits per heavy atom. The van der Waals surface area contributed by atoms with Gasteiger partial charge in [-0.15, -0.1) is 0 Å². The Bertz CT molecular complexity index is 1250. The zero-order valence-electron chi connectivity index (χ0n) is 16.5. The second-order valence-electron chi connectivity index (χ2n) is 6.46. The molecule has 1 N–H and O–H groups in total. The first kappa shape index (κ1) is 21.6. The summed E-state index contributed by atoms with van der Waals surface area (Å²) in [6, 6.07) is 20.6. The molecule has 3 aromatic carbocycles. The van der Waals surface area contributed by atoms with Gasteiger partial charge in [0.15, 0.2) is 5.58 Å². The highest BCUT2D eigenvalue weighted by atomic mass is 35.5. The van der Waals surface area contributed by atoms with E-state index in [0.29, 0.717) is 32.7 Å². The van der Waals surface area contributed by atoms with Gasteiger partial charge in [-0.05, 0) is 48.5 Å². The highest BCUT2D eigenvalue weighted by Crippen LogP contribution is 2.23. The molecule has 1 aromatic heterocycles. The molecule has 0 bridgehead atoms. The summed E-state index contributed by atoms with van der Waals surface area (Å²) in [4.78, 5) is 28.7. The molecule has 32 heavy (non-hydrogen) atoms. The molecule has 0 unspecified atom stereocenters. The Balaban J connectivity index is 1.33. The molecule has 7 nitrogen and oxygen atoms in total. The number of hydrogen-bond donors (Lipinski definition) is 1. The first-order valence-corrected chi connectivity index (χ1v) is 10.8. The van der Waals surface area contributed by atoms with Gasteiger partial charge in [0.25, 0.3) is 11.1 Å². The van der Waals surface area contributed by atoms with Crippen LogP contribution in [0.25, 0.3) is 11.1 Å². The van der Waals surface area contributed by atoms with Crippen LogP contribution in [-0.2, 0) is 4.79 Å². The smallest absolute Gasteiger partial charge is 0.343 e. The number of rotatable bonds is 7. The van der Waals surface area contributed by atoms with E-state index >= 15 is 0 Å². The van der Waals surface area contributed by atoms with Crippen LogP contribution in [0.2, 0.25) is 5.02 Å². The number of aromatic nitrogens is 1. The van der Waals surface area contributed by atoms with Gasteiger partial charge in [-0.3, -0.25) is 4.79 Å². The Hall–Kier alpha value is -3.62. The number of para-hydroxylation sites is 3. The maximum Gasteiger partial charge on any atom is 0.343 e. The molecule has 1 amide bonds. The summed E-state index contributed by atoms with van der Waals surface area (Å²) in [5.41, 5.74) is 4.73. The van der Waals surface area contributed by atoms with Crippen LogP contribution in [0.3, 0.4) is 0 Å².